The quantitative estimate of drug-likeness (QED) is 0.572. The molecule has 3 aromatic rings. The molecule has 1 amide bonds. The highest BCUT2D eigenvalue weighted by Gasteiger charge is 2.29. The van der Waals surface area contributed by atoms with Gasteiger partial charge in [0.15, 0.2) is 15.0 Å². The number of sulfonamides is 1. The molecule has 4 rings (SSSR count). The highest BCUT2D eigenvalue weighted by molar-refractivity contribution is 7.93. The molecule has 1 aromatic heterocycles. The van der Waals surface area contributed by atoms with Crippen LogP contribution in [0.3, 0.4) is 0 Å². The molecule has 0 saturated carbocycles. The smallest absolute Gasteiger partial charge is 0.263 e. The number of carbonyl (C=O) groups excluding carboxylic acids is 1. The zero-order valence-electron chi connectivity index (χ0n) is 15.3. The SMILES string of the molecule is O=C(N[C@H]1CCS(=O)(=O)C1)c1ccc2nc(NS(=O)(=O)c3ccc(Cl)cc3)sc2c1. The van der Waals surface area contributed by atoms with Crippen LogP contribution >= 0.6 is 22.9 Å². The Bertz CT molecular complexity index is 1340. The molecule has 2 aromatic carbocycles. The van der Waals surface area contributed by atoms with Crippen LogP contribution in [0.25, 0.3) is 10.2 Å². The molecule has 2 heterocycles. The summed E-state index contributed by atoms with van der Waals surface area (Å²) in [4.78, 5) is 16.8. The van der Waals surface area contributed by atoms with Crippen molar-refractivity contribution in [2.24, 2.45) is 0 Å². The number of rotatable bonds is 5. The van der Waals surface area contributed by atoms with E-state index >= 15 is 0 Å². The number of nitrogens with zero attached hydrogens (tertiary/aromatic N) is 1. The Morgan fingerprint density at radius 1 is 1.17 bits per heavy atom. The fourth-order valence-corrected chi connectivity index (χ4v) is 7.01. The van der Waals surface area contributed by atoms with Gasteiger partial charge < -0.3 is 5.32 Å². The highest BCUT2D eigenvalue weighted by Crippen LogP contribution is 2.29. The summed E-state index contributed by atoms with van der Waals surface area (Å²) in [5.74, 6) is -0.364. The maximum atomic E-state index is 12.5. The van der Waals surface area contributed by atoms with Crippen LogP contribution in [-0.4, -0.2) is 45.3 Å². The van der Waals surface area contributed by atoms with Crippen LogP contribution < -0.4 is 10.0 Å². The number of sulfone groups is 1. The molecule has 12 heteroatoms. The Kier molecular flexibility index (Phi) is 5.47. The van der Waals surface area contributed by atoms with Crippen molar-refractivity contribution in [2.75, 3.05) is 16.2 Å². The monoisotopic (exact) mass is 485 g/mol. The molecular formula is C18H16ClN3O5S3. The number of hydrogen-bond acceptors (Lipinski definition) is 7. The number of thiazole rings is 1. The van der Waals surface area contributed by atoms with Gasteiger partial charge in [0.05, 0.1) is 26.6 Å². The molecule has 0 radical (unpaired) electrons. The van der Waals surface area contributed by atoms with Gasteiger partial charge in [0.1, 0.15) is 0 Å². The third-order valence-corrected chi connectivity index (χ3v) is 9.00. The summed E-state index contributed by atoms with van der Waals surface area (Å²) in [7, 11) is -6.92. The van der Waals surface area contributed by atoms with Crippen molar-refractivity contribution < 1.29 is 21.6 Å². The third kappa shape index (κ3) is 4.59. The fraction of sp³-hybridized carbons (Fsp3) is 0.222. The van der Waals surface area contributed by atoms with Crippen molar-refractivity contribution in [3.63, 3.8) is 0 Å². The lowest BCUT2D eigenvalue weighted by Gasteiger charge is -2.10. The molecule has 0 aliphatic carbocycles. The number of amides is 1. The second-order valence-electron chi connectivity index (χ2n) is 6.83. The number of carbonyl (C=O) groups is 1. The second kappa shape index (κ2) is 7.80. The fourth-order valence-electron chi connectivity index (χ4n) is 3.07. The van der Waals surface area contributed by atoms with Gasteiger partial charge in [0.25, 0.3) is 15.9 Å². The zero-order valence-corrected chi connectivity index (χ0v) is 18.5. The van der Waals surface area contributed by atoms with Crippen LogP contribution in [0, 0.1) is 0 Å². The minimum absolute atomic E-state index is 0.0535. The molecule has 30 heavy (non-hydrogen) atoms. The van der Waals surface area contributed by atoms with Gasteiger partial charge in [-0.15, -0.1) is 0 Å². The first-order valence-corrected chi connectivity index (χ1v) is 13.3. The third-order valence-electron chi connectivity index (χ3n) is 4.56. The Morgan fingerprint density at radius 3 is 2.57 bits per heavy atom. The van der Waals surface area contributed by atoms with E-state index in [1.165, 1.54) is 24.3 Å². The second-order valence-corrected chi connectivity index (χ2v) is 12.2. The zero-order chi connectivity index (χ0) is 21.5. The molecule has 1 aliphatic heterocycles. The summed E-state index contributed by atoms with van der Waals surface area (Å²) in [6.45, 7) is 0. The minimum atomic E-state index is -3.83. The lowest BCUT2D eigenvalue weighted by atomic mass is 10.2. The van der Waals surface area contributed by atoms with Crippen molar-refractivity contribution >= 4 is 64.1 Å². The molecule has 2 N–H and O–H groups in total. The first-order valence-electron chi connectivity index (χ1n) is 8.82. The Balaban J connectivity index is 1.52. The molecule has 158 valence electrons. The van der Waals surface area contributed by atoms with E-state index in [4.69, 9.17) is 11.6 Å². The van der Waals surface area contributed by atoms with Crippen molar-refractivity contribution in [1.82, 2.24) is 10.3 Å². The van der Waals surface area contributed by atoms with Crippen molar-refractivity contribution in [1.29, 1.82) is 0 Å². The van der Waals surface area contributed by atoms with Crippen LogP contribution in [0.1, 0.15) is 16.8 Å². The number of benzene rings is 2. The van der Waals surface area contributed by atoms with E-state index in [2.05, 4.69) is 15.0 Å². The molecule has 1 saturated heterocycles. The first kappa shape index (κ1) is 21.0. The molecule has 1 atom stereocenters. The summed E-state index contributed by atoms with van der Waals surface area (Å²) in [6.07, 6.45) is 0.396. The van der Waals surface area contributed by atoms with Crippen molar-refractivity contribution in [2.45, 2.75) is 17.4 Å². The van der Waals surface area contributed by atoms with Crippen LogP contribution in [0.4, 0.5) is 5.13 Å². The van der Waals surface area contributed by atoms with Gasteiger partial charge in [-0.05, 0) is 48.9 Å². The number of hydrogen-bond donors (Lipinski definition) is 2. The highest BCUT2D eigenvalue weighted by atomic mass is 35.5. The standard InChI is InChI=1S/C18H16ClN3O5S3/c19-12-2-4-14(5-3-12)30(26,27)22-18-21-15-6-1-11(9-16(15)28-18)17(23)20-13-7-8-29(24,25)10-13/h1-6,9,13H,7-8,10H2,(H,20,23)(H,21,22)/t13-/m0/s1. The average Bonchev–Trinajstić information content (AvgIpc) is 3.22. The lowest BCUT2D eigenvalue weighted by molar-refractivity contribution is 0.0941. The number of fused-ring (bicyclic) bond motifs is 1. The van der Waals surface area contributed by atoms with Gasteiger partial charge in [-0.1, -0.05) is 22.9 Å². The molecule has 8 nitrogen and oxygen atoms in total. The maximum absolute atomic E-state index is 12.5. The van der Waals surface area contributed by atoms with Crippen LogP contribution in [0.5, 0.6) is 0 Å². The number of nitrogens with one attached hydrogen (secondary N) is 2. The van der Waals surface area contributed by atoms with Gasteiger partial charge in [0.2, 0.25) is 0 Å². The molecule has 0 spiro atoms. The molecule has 1 aliphatic rings. The average molecular weight is 486 g/mol. The number of halogens is 1. The Morgan fingerprint density at radius 2 is 1.90 bits per heavy atom. The molecule has 0 unspecified atom stereocenters. The van der Waals surface area contributed by atoms with E-state index in [0.717, 1.165) is 11.3 Å². The summed E-state index contributed by atoms with van der Waals surface area (Å²) < 4.78 is 51.2. The summed E-state index contributed by atoms with van der Waals surface area (Å²) in [5.41, 5.74) is 0.886. The summed E-state index contributed by atoms with van der Waals surface area (Å²) >= 11 is 6.89. The minimum Gasteiger partial charge on any atom is -0.348 e. The predicted molar refractivity (Wildman–Crippen MR) is 116 cm³/mol. The Hall–Kier alpha value is -2.21. The van der Waals surface area contributed by atoms with Crippen LogP contribution in [-0.2, 0) is 19.9 Å². The molecular weight excluding hydrogens is 470 g/mol. The van der Waals surface area contributed by atoms with Crippen LogP contribution in [0.15, 0.2) is 47.4 Å². The topological polar surface area (TPSA) is 122 Å². The van der Waals surface area contributed by atoms with E-state index in [1.54, 1.807) is 18.2 Å². The largest absolute Gasteiger partial charge is 0.348 e. The molecule has 0 bridgehead atoms. The number of anilines is 1. The van der Waals surface area contributed by atoms with Gasteiger partial charge in [-0.2, -0.15) is 0 Å². The summed E-state index contributed by atoms with van der Waals surface area (Å²) in [5, 5.41) is 3.32. The summed E-state index contributed by atoms with van der Waals surface area (Å²) in [6, 6.07) is 10.1. The lowest BCUT2D eigenvalue weighted by Crippen LogP contribution is -2.35. The normalized spacial score (nSPS) is 18.4. The van der Waals surface area contributed by atoms with Crippen molar-refractivity contribution in [3.05, 3.63) is 53.1 Å². The Labute approximate surface area is 182 Å². The van der Waals surface area contributed by atoms with Crippen molar-refractivity contribution in [3.8, 4) is 0 Å². The van der Waals surface area contributed by atoms with Gasteiger partial charge in [-0.25, -0.2) is 21.8 Å². The van der Waals surface area contributed by atoms with E-state index in [1.807, 2.05) is 0 Å². The predicted octanol–water partition coefficient (Wildman–Crippen LogP) is 2.67. The van der Waals surface area contributed by atoms with E-state index in [9.17, 15) is 21.6 Å². The first-order chi connectivity index (χ1) is 14.1. The maximum Gasteiger partial charge on any atom is 0.263 e. The molecule has 1 fully saturated rings. The van der Waals surface area contributed by atoms with Gasteiger partial charge in [0, 0.05) is 16.6 Å². The van der Waals surface area contributed by atoms with E-state index < -0.39 is 25.9 Å². The van der Waals surface area contributed by atoms with Gasteiger partial charge in [-0.3, -0.25) is 9.52 Å². The van der Waals surface area contributed by atoms with E-state index in [-0.39, 0.29) is 27.4 Å². The number of aromatic nitrogens is 1. The van der Waals surface area contributed by atoms with Gasteiger partial charge >= 0.3 is 0 Å². The van der Waals surface area contributed by atoms with Crippen LogP contribution in [0.2, 0.25) is 5.02 Å². The van der Waals surface area contributed by atoms with E-state index in [0.29, 0.717) is 27.2 Å².